The summed E-state index contributed by atoms with van der Waals surface area (Å²) in [5.74, 6) is -11.7. The molecule has 0 heterocycles. The number of aromatic hydroxyl groups is 1. The summed E-state index contributed by atoms with van der Waals surface area (Å²) < 4.78 is 134. The molecule has 0 aliphatic carbocycles. The molecule has 0 atom stereocenters. The molecule has 44 heavy (non-hydrogen) atoms. The largest absolute Gasteiger partial charge is 0.508 e. The topological polar surface area (TPSA) is 29.5 Å². The second-order valence-electron chi connectivity index (χ2n) is 9.07. The van der Waals surface area contributed by atoms with Crippen molar-refractivity contribution in [1.82, 2.24) is 0 Å². The number of alkyl halides is 2. The maximum absolute atomic E-state index is 14.9. The SMILES string of the molecule is CC.Oc1ccc(-c2ccc(-c3cc(F)c(C(F)(F)Oc4ccc(-c5cc(F)c(F)c(F)c5)c(F)c4)c(F)c3)c(F)c2)cc1. The Morgan fingerprint density at radius 3 is 1.43 bits per heavy atom. The molecule has 0 spiro atoms. The third kappa shape index (κ3) is 6.51. The van der Waals surface area contributed by atoms with E-state index in [1.165, 1.54) is 36.4 Å². The third-order valence-electron chi connectivity index (χ3n) is 6.30. The lowest BCUT2D eigenvalue weighted by molar-refractivity contribution is -0.189. The van der Waals surface area contributed by atoms with Gasteiger partial charge >= 0.3 is 6.11 Å². The Hall–Kier alpha value is -4.93. The summed E-state index contributed by atoms with van der Waals surface area (Å²) in [5, 5.41) is 9.40. The predicted molar refractivity (Wildman–Crippen MR) is 146 cm³/mol. The van der Waals surface area contributed by atoms with Crippen molar-refractivity contribution in [3.8, 4) is 44.9 Å². The van der Waals surface area contributed by atoms with Gasteiger partial charge in [0, 0.05) is 17.2 Å². The van der Waals surface area contributed by atoms with Crippen LogP contribution in [0.5, 0.6) is 11.5 Å². The standard InChI is InChI=1S/C31H15F9O2.C2H6/c32-23-9-16(15-1-4-19(41)5-2-15)3-7-21(23)17-10-25(34)29(26(35)11-17)31(39,40)42-20-6-8-22(24(33)14-20)18-12-27(36)30(38)28(37)13-18;1-2/h1-14,41H;1-2H3. The second-order valence-corrected chi connectivity index (χ2v) is 9.07. The first kappa shape index (κ1) is 32.0. The van der Waals surface area contributed by atoms with Gasteiger partial charge in [-0.25, -0.2) is 30.7 Å². The number of phenolic OH excluding ortho intramolecular Hbond substituents is 1. The maximum atomic E-state index is 14.9. The third-order valence-corrected chi connectivity index (χ3v) is 6.30. The lowest BCUT2D eigenvalue weighted by atomic mass is 9.98. The quantitative estimate of drug-likeness (QED) is 0.151. The van der Waals surface area contributed by atoms with Gasteiger partial charge < -0.3 is 9.84 Å². The van der Waals surface area contributed by atoms with Crippen LogP contribution in [0.4, 0.5) is 39.5 Å². The van der Waals surface area contributed by atoms with Gasteiger partial charge in [-0.05, 0) is 76.9 Å². The first-order valence-corrected chi connectivity index (χ1v) is 12.9. The van der Waals surface area contributed by atoms with Crippen LogP contribution in [0.3, 0.4) is 0 Å². The van der Waals surface area contributed by atoms with Gasteiger partial charge in [-0.15, -0.1) is 0 Å². The Kier molecular flexibility index (Phi) is 9.27. The van der Waals surface area contributed by atoms with Crippen molar-refractivity contribution in [3.63, 3.8) is 0 Å². The van der Waals surface area contributed by atoms with Crippen molar-refractivity contribution in [3.05, 3.63) is 131 Å². The van der Waals surface area contributed by atoms with Gasteiger partial charge in [0.15, 0.2) is 17.5 Å². The van der Waals surface area contributed by atoms with E-state index in [0.717, 1.165) is 18.2 Å². The van der Waals surface area contributed by atoms with E-state index < -0.39 is 74.8 Å². The average molecular weight is 621 g/mol. The minimum absolute atomic E-state index is 0.0109. The first-order chi connectivity index (χ1) is 20.8. The maximum Gasteiger partial charge on any atom is 0.432 e. The first-order valence-electron chi connectivity index (χ1n) is 12.9. The number of benzene rings is 5. The van der Waals surface area contributed by atoms with E-state index in [-0.39, 0.29) is 11.3 Å². The predicted octanol–water partition coefficient (Wildman–Crippen LogP) is 10.5. The number of rotatable bonds is 6. The summed E-state index contributed by atoms with van der Waals surface area (Å²) in [6.07, 6.45) is -4.68. The van der Waals surface area contributed by atoms with Crippen LogP contribution in [0.1, 0.15) is 19.4 Å². The highest BCUT2D eigenvalue weighted by molar-refractivity contribution is 5.72. The van der Waals surface area contributed by atoms with Crippen molar-refractivity contribution in [2.24, 2.45) is 0 Å². The zero-order valence-corrected chi connectivity index (χ0v) is 22.8. The number of hydrogen-bond acceptors (Lipinski definition) is 2. The summed E-state index contributed by atoms with van der Waals surface area (Å²) in [7, 11) is 0. The molecule has 0 radical (unpaired) electrons. The Morgan fingerprint density at radius 1 is 0.500 bits per heavy atom. The Labute approximate surface area is 245 Å². The molecule has 0 saturated heterocycles. The molecule has 228 valence electrons. The summed E-state index contributed by atoms with van der Waals surface area (Å²) in [4.78, 5) is 0. The number of halogens is 9. The van der Waals surface area contributed by atoms with E-state index >= 15 is 0 Å². The van der Waals surface area contributed by atoms with E-state index in [1.54, 1.807) is 0 Å². The lowest BCUT2D eigenvalue weighted by Crippen LogP contribution is -2.25. The molecule has 0 fully saturated rings. The molecule has 0 aliphatic heterocycles. The van der Waals surface area contributed by atoms with E-state index in [9.17, 15) is 44.6 Å². The van der Waals surface area contributed by atoms with Gasteiger partial charge in [-0.2, -0.15) is 8.78 Å². The molecule has 2 nitrogen and oxygen atoms in total. The van der Waals surface area contributed by atoms with Gasteiger partial charge in [0.2, 0.25) is 0 Å². The van der Waals surface area contributed by atoms with Gasteiger partial charge in [0.05, 0.1) is 0 Å². The molecule has 5 aromatic rings. The number of hydrogen-bond donors (Lipinski definition) is 1. The van der Waals surface area contributed by atoms with Crippen LogP contribution in [0.15, 0.2) is 84.9 Å². The van der Waals surface area contributed by atoms with Crippen LogP contribution in [0.25, 0.3) is 33.4 Å². The molecule has 0 saturated carbocycles. The summed E-state index contributed by atoms with van der Waals surface area (Å²) in [6.45, 7) is 4.00. The minimum Gasteiger partial charge on any atom is -0.508 e. The minimum atomic E-state index is -4.68. The van der Waals surface area contributed by atoms with Crippen molar-refractivity contribution >= 4 is 0 Å². The van der Waals surface area contributed by atoms with Crippen molar-refractivity contribution in [1.29, 1.82) is 0 Å². The van der Waals surface area contributed by atoms with E-state index in [0.29, 0.717) is 41.5 Å². The van der Waals surface area contributed by atoms with Crippen molar-refractivity contribution < 1.29 is 49.4 Å². The van der Waals surface area contributed by atoms with Gasteiger partial charge in [-0.3, -0.25) is 0 Å². The fraction of sp³-hybridized carbons (Fsp3) is 0.0909. The molecular formula is C33H21F9O2. The summed E-state index contributed by atoms with van der Waals surface area (Å²) in [6, 6.07) is 13.4. The Bertz CT molecular complexity index is 1770. The molecule has 0 amide bonds. The zero-order valence-electron chi connectivity index (χ0n) is 22.8. The van der Waals surface area contributed by atoms with E-state index in [2.05, 4.69) is 4.74 Å². The highest BCUT2D eigenvalue weighted by Gasteiger charge is 2.41. The summed E-state index contributed by atoms with van der Waals surface area (Å²) >= 11 is 0. The molecular weight excluding hydrogens is 599 g/mol. The molecule has 0 unspecified atom stereocenters. The lowest BCUT2D eigenvalue weighted by Gasteiger charge is -2.20. The zero-order chi connectivity index (χ0) is 32.3. The smallest absolute Gasteiger partial charge is 0.432 e. The number of phenols is 1. The molecule has 0 aliphatic rings. The van der Waals surface area contributed by atoms with E-state index in [1.807, 2.05) is 13.8 Å². The average Bonchev–Trinajstić information content (AvgIpc) is 2.96. The van der Waals surface area contributed by atoms with Crippen molar-refractivity contribution in [2.75, 3.05) is 0 Å². The van der Waals surface area contributed by atoms with Gasteiger partial charge in [0.25, 0.3) is 0 Å². The Morgan fingerprint density at radius 2 is 0.932 bits per heavy atom. The van der Waals surface area contributed by atoms with Gasteiger partial charge in [-0.1, -0.05) is 38.1 Å². The molecule has 5 rings (SSSR count). The molecule has 11 heteroatoms. The fourth-order valence-electron chi connectivity index (χ4n) is 4.29. The fourth-order valence-corrected chi connectivity index (χ4v) is 4.29. The van der Waals surface area contributed by atoms with Crippen LogP contribution in [-0.2, 0) is 6.11 Å². The molecule has 0 bridgehead atoms. The highest BCUT2D eigenvalue weighted by atomic mass is 19.3. The Balaban J connectivity index is 0.00000216. The van der Waals surface area contributed by atoms with E-state index in [4.69, 9.17) is 0 Å². The molecule has 0 aromatic heterocycles. The number of ether oxygens (including phenoxy) is 1. The highest BCUT2D eigenvalue weighted by Crippen LogP contribution is 2.39. The van der Waals surface area contributed by atoms with Crippen molar-refractivity contribution in [2.45, 2.75) is 20.0 Å². The molecule has 1 N–H and O–H groups in total. The summed E-state index contributed by atoms with van der Waals surface area (Å²) in [5.41, 5.74) is -2.56. The monoisotopic (exact) mass is 620 g/mol. The van der Waals surface area contributed by atoms with Crippen LogP contribution in [-0.4, -0.2) is 5.11 Å². The second kappa shape index (κ2) is 12.7. The van der Waals surface area contributed by atoms with Crippen LogP contribution in [0, 0.1) is 40.7 Å². The molecule has 5 aromatic carbocycles. The van der Waals surface area contributed by atoms with Crippen LogP contribution in [0.2, 0.25) is 0 Å². The van der Waals surface area contributed by atoms with Crippen LogP contribution >= 0.6 is 0 Å². The van der Waals surface area contributed by atoms with Crippen LogP contribution < -0.4 is 4.74 Å². The normalized spacial score (nSPS) is 11.2. The van der Waals surface area contributed by atoms with Gasteiger partial charge in [0.1, 0.15) is 40.3 Å².